The molecule has 4 nitrogen and oxygen atoms in total. The SMILES string of the molecule is CCOC(=O)CCc1c(OC)cccc1OC(F)F. The molecule has 0 atom stereocenters. The predicted molar refractivity (Wildman–Crippen MR) is 64.6 cm³/mol. The van der Waals surface area contributed by atoms with Gasteiger partial charge in [-0.05, 0) is 25.5 Å². The van der Waals surface area contributed by atoms with Crippen LogP contribution in [0.1, 0.15) is 18.9 Å². The fourth-order valence-corrected chi connectivity index (χ4v) is 1.65. The van der Waals surface area contributed by atoms with Gasteiger partial charge >= 0.3 is 12.6 Å². The molecule has 106 valence electrons. The zero-order valence-electron chi connectivity index (χ0n) is 10.8. The number of benzene rings is 1. The van der Waals surface area contributed by atoms with E-state index in [2.05, 4.69) is 4.74 Å². The molecule has 0 unspecified atom stereocenters. The Hall–Kier alpha value is -1.85. The van der Waals surface area contributed by atoms with Gasteiger partial charge < -0.3 is 14.2 Å². The van der Waals surface area contributed by atoms with Crippen LogP contribution in [0.15, 0.2) is 18.2 Å². The van der Waals surface area contributed by atoms with Gasteiger partial charge in [-0.1, -0.05) is 6.07 Å². The van der Waals surface area contributed by atoms with Crippen LogP contribution in [-0.4, -0.2) is 26.3 Å². The van der Waals surface area contributed by atoms with E-state index >= 15 is 0 Å². The molecule has 19 heavy (non-hydrogen) atoms. The van der Waals surface area contributed by atoms with Gasteiger partial charge in [-0.2, -0.15) is 8.78 Å². The number of ether oxygens (including phenoxy) is 3. The Morgan fingerprint density at radius 1 is 1.32 bits per heavy atom. The van der Waals surface area contributed by atoms with Crippen molar-refractivity contribution in [2.24, 2.45) is 0 Å². The minimum absolute atomic E-state index is 0.0126. The second kappa shape index (κ2) is 7.56. The van der Waals surface area contributed by atoms with Gasteiger partial charge in [0.25, 0.3) is 0 Å². The van der Waals surface area contributed by atoms with E-state index in [1.165, 1.54) is 13.2 Å². The molecule has 0 N–H and O–H groups in total. The van der Waals surface area contributed by atoms with Crippen LogP contribution in [0.2, 0.25) is 0 Å². The highest BCUT2D eigenvalue weighted by Gasteiger charge is 2.15. The molecule has 0 aliphatic heterocycles. The molecule has 0 aliphatic carbocycles. The summed E-state index contributed by atoms with van der Waals surface area (Å²) in [5, 5.41) is 0. The summed E-state index contributed by atoms with van der Waals surface area (Å²) in [4.78, 5) is 11.3. The van der Waals surface area contributed by atoms with Crippen LogP contribution in [-0.2, 0) is 16.0 Å². The maximum Gasteiger partial charge on any atom is 0.387 e. The smallest absolute Gasteiger partial charge is 0.387 e. The molecule has 0 heterocycles. The van der Waals surface area contributed by atoms with E-state index in [1.54, 1.807) is 19.1 Å². The highest BCUT2D eigenvalue weighted by atomic mass is 19.3. The summed E-state index contributed by atoms with van der Waals surface area (Å²) in [7, 11) is 1.43. The molecule has 0 spiro atoms. The van der Waals surface area contributed by atoms with E-state index in [-0.39, 0.29) is 25.2 Å². The zero-order valence-corrected chi connectivity index (χ0v) is 10.8. The summed E-state index contributed by atoms with van der Waals surface area (Å²) in [6.45, 7) is -0.939. The van der Waals surface area contributed by atoms with Gasteiger partial charge in [0.15, 0.2) is 0 Å². The summed E-state index contributed by atoms with van der Waals surface area (Å²) in [5.41, 5.74) is 0.429. The molecule has 6 heteroatoms. The number of hydrogen-bond donors (Lipinski definition) is 0. The lowest BCUT2D eigenvalue weighted by molar-refractivity contribution is -0.143. The average Bonchev–Trinajstić information content (AvgIpc) is 2.36. The first-order chi connectivity index (χ1) is 9.08. The van der Waals surface area contributed by atoms with Gasteiger partial charge in [0.2, 0.25) is 0 Å². The Balaban J connectivity index is 2.85. The van der Waals surface area contributed by atoms with E-state index in [0.29, 0.717) is 11.3 Å². The van der Waals surface area contributed by atoms with E-state index in [9.17, 15) is 13.6 Å². The van der Waals surface area contributed by atoms with Crippen LogP contribution in [0.25, 0.3) is 0 Å². The highest BCUT2D eigenvalue weighted by molar-refractivity contribution is 5.70. The lowest BCUT2D eigenvalue weighted by atomic mass is 10.1. The second-order valence-corrected chi connectivity index (χ2v) is 3.62. The molecule has 0 aromatic heterocycles. The fraction of sp³-hybridized carbons (Fsp3) is 0.462. The number of hydrogen-bond acceptors (Lipinski definition) is 4. The quantitative estimate of drug-likeness (QED) is 0.717. The summed E-state index contributed by atoms with van der Waals surface area (Å²) >= 11 is 0. The standard InChI is InChI=1S/C13H16F2O4/c1-3-18-12(16)8-7-9-10(17-2)5-4-6-11(9)19-13(14)15/h4-6,13H,3,7-8H2,1-2H3. The van der Waals surface area contributed by atoms with Crippen molar-refractivity contribution in [3.05, 3.63) is 23.8 Å². The van der Waals surface area contributed by atoms with Gasteiger partial charge in [-0.15, -0.1) is 0 Å². The minimum Gasteiger partial charge on any atom is -0.496 e. The summed E-state index contributed by atoms with van der Waals surface area (Å²) in [6, 6.07) is 4.58. The molecular formula is C13H16F2O4. The third-order valence-corrected chi connectivity index (χ3v) is 2.41. The monoisotopic (exact) mass is 274 g/mol. The van der Waals surface area contributed by atoms with Gasteiger partial charge in [-0.25, -0.2) is 0 Å². The summed E-state index contributed by atoms with van der Waals surface area (Å²) < 4.78 is 38.9. The molecule has 0 saturated heterocycles. The van der Waals surface area contributed by atoms with Gasteiger partial charge in [0, 0.05) is 12.0 Å². The molecule has 1 rings (SSSR count). The van der Waals surface area contributed by atoms with Crippen molar-refractivity contribution in [1.82, 2.24) is 0 Å². The van der Waals surface area contributed by atoms with Crippen LogP contribution in [0.3, 0.4) is 0 Å². The minimum atomic E-state index is -2.92. The number of carbonyl (C=O) groups is 1. The Morgan fingerprint density at radius 3 is 2.58 bits per heavy atom. The Labute approximate surface area is 110 Å². The maximum atomic E-state index is 12.3. The Kier molecular flexibility index (Phi) is 6.05. The lowest BCUT2D eigenvalue weighted by Gasteiger charge is -2.14. The molecule has 0 radical (unpaired) electrons. The predicted octanol–water partition coefficient (Wildman–Crippen LogP) is 2.79. The second-order valence-electron chi connectivity index (χ2n) is 3.62. The van der Waals surface area contributed by atoms with Gasteiger partial charge in [-0.3, -0.25) is 4.79 Å². The van der Waals surface area contributed by atoms with E-state index in [0.717, 1.165) is 0 Å². The number of alkyl halides is 2. The van der Waals surface area contributed by atoms with Crippen molar-refractivity contribution >= 4 is 5.97 Å². The van der Waals surface area contributed by atoms with E-state index in [4.69, 9.17) is 9.47 Å². The Bertz CT molecular complexity index is 421. The Morgan fingerprint density at radius 2 is 2.00 bits per heavy atom. The van der Waals surface area contributed by atoms with Crippen LogP contribution < -0.4 is 9.47 Å². The molecular weight excluding hydrogens is 258 g/mol. The van der Waals surface area contributed by atoms with Crippen molar-refractivity contribution < 1.29 is 27.8 Å². The van der Waals surface area contributed by atoms with Crippen molar-refractivity contribution in [3.8, 4) is 11.5 Å². The van der Waals surface area contributed by atoms with Gasteiger partial charge in [0.05, 0.1) is 13.7 Å². The molecule has 0 bridgehead atoms. The summed E-state index contributed by atoms with van der Waals surface area (Å²) in [5.74, 6) is 0.0255. The number of carbonyl (C=O) groups excluding carboxylic acids is 1. The fourth-order valence-electron chi connectivity index (χ4n) is 1.65. The van der Waals surface area contributed by atoms with Crippen LogP contribution in [0.4, 0.5) is 8.78 Å². The van der Waals surface area contributed by atoms with Crippen molar-refractivity contribution in [2.75, 3.05) is 13.7 Å². The van der Waals surface area contributed by atoms with Crippen molar-refractivity contribution in [1.29, 1.82) is 0 Å². The molecule has 0 amide bonds. The van der Waals surface area contributed by atoms with Crippen LogP contribution >= 0.6 is 0 Å². The van der Waals surface area contributed by atoms with Crippen LogP contribution in [0, 0.1) is 0 Å². The number of rotatable bonds is 7. The lowest BCUT2D eigenvalue weighted by Crippen LogP contribution is -2.09. The zero-order chi connectivity index (χ0) is 14.3. The van der Waals surface area contributed by atoms with E-state index in [1.807, 2.05) is 0 Å². The number of esters is 1. The van der Waals surface area contributed by atoms with Crippen molar-refractivity contribution in [3.63, 3.8) is 0 Å². The largest absolute Gasteiger partial charge is 0.496 e. The normalized spacial score (nSPS) is 10.4. The third-order valence-electron chi connectivity index (χ3n) is 2.41. The molecule has 0 fully saturated rings. The number of halogens is 2. The van der Waals surface area contributed by atoms with E-state index < -0.39 is 12.6 Å². The first kappa shape index (κ1) is 15.2. The maximum absolute atomic E-state index is 12.3. The van der Waals surface area contributed by atoms with Crippen LogP contribution in [0.5, 0.6) is 11.5 Å². The average molecular weight is 274 g/mol. The molecule has 1 aromatic rings. The third kappa shape index (κ3) is 4.73. The number of methoxy groups -OCH3 is 1. The molecule has 1 aromatic carbocycles. The molecule has 0 saturated carbocycles. The first-order valence-corrected chi connectivity index (χ1v) is 5.84. The topological polar surface area (TPSA) is 44.8 Å². The highest BCUT2D eigenvalue weighted by Crippen LogP contribution is 2.30. The summed E-state index contributed by atoms with van der Waals surface area (Å²) in [6.07, 6.45) is 0.290. The van der Waals surface area contributed by atoms with Gasteiger partial charge in [0.1, 0.15) is 11.5 Å². The first-order valence-electron chi connectivity index (χ1n) is 5.84. The van der Waals surface area contributed by atoms with Crippen molar-refractivity contribution in [2.45, 2.75) is 26.4 Å². The molecule has 0 aliphatic rings.